The van der Waals surface area contributed by atoms with Crippen molar-refractivity contribution in [3.05, 3.63) is 0 Å². The third-order valence-electron chi connectivity index (χ3n) is 3.01. The number of hydrogen-bond donors (Lipinski definition) is 4. The van der Waals surface area contributed by atoms with Crippen LogP contribution >= 0.6 is 25.3 Å². The van der Waals surface area contributed by atoms with Gasteiger partial charge in [0.1, 0.15) is 0 Å². The van der Waals surface area contributed by atoms with Crippen molar-refractivity contribution in [1.29, 1.82) is 0 Å². The predicted octanol–water partition coefficient (Wildman–Crippen LogP) is 2.36. The van der Waals surface area contributed by atoms with E-state index in [4.69, 9.17) is 0 Å². The van der Waals surface area contributed by atoms with Gasteiger partial charge in [-0.05, 0) is 26.7 Å². The zero-order valence-corrected chi connectivity index (χ0v) is 12.9. The molecule has 0 aromatic rings. The van der Waals surface area contributed by atoms with Gasteiger partial charge in [0.05, 0.1) is 0 Å². The molecule has 0 fully saturated rings. The molecule has 0 aromatic carbocycles. The van der Waals surface area contributed by atoms with Gasteiger partial charge in [-0.3, -0.25) is 0 Å². The molecule has 0 saturated carbocycles. The fraction of sp³-hybridized carbons (Fsp3) is 1.00. The molecule has 2 N–H and O–H groups in total. The third-order valence-corrected chi connectivity index (χ3v) is 3.96. The molecule has 0 heterocycles. The van der Waals surface area contributed by atoms with Crippen LogP contribution in [0.25, 0.3) is 0 Å². The fourth-order valence-electron chi connectivity index (χ4n) is 1.14. The highest BCUT2D eigenvalue weighted by molar-refractivity contribution is 7.82. The quantitative estimate of drug-likeness (QED) is 0.380. The van der Waals surface area contributed by atoms with Crippen LogP contribution in [0, 0.1) is 0 Å². The fourth-order valence-corrected chi connectivity index (χ4v) is 1.37. The summed E-state index contributed by atoms with van der Waals surface area (Å²) in [5.74, 6) is 0. The van der Waals surface area contributed by atoms with Crippen LogP contribution in [0.3, 0.4) is 0 Å². The number of hydrogen-bond acceptors (Lipinski definition) is 4. The molecule has 0 bridgehead atoms. The highest BCUT2D eigenvalue weighted by atomic mass is 32.1. The monoisotopic (exact) mass is 264 g/mol. The minimum Gasteiger partial charge on any atom is -0.314 e. The summed E-state index contributed by atoms with van der Waals surface area (Å²) in [5.41, 5.74) is 0. The first kappa shape index (κ1) is 16.6. The average Bonchev–Trinajstić information content (AvgIpc) is 2.23. The smallest absolute Gasteiger partial charge is 0.0223 e. The summed E-state index contributed by atoms with van der Waals surface area (Å²) in [6.07, 6.45) is 2.17. The molecular weight excluding hydrogens is 236 g/mol. The maximum atomic E-state index is 4.58. The van der Waals surface area contributed by atoms with E-state index in [-0.39, 0.29) is 9.49 Å². The van der Waals surface area contributed by atoms with E-state index in [1.54, 1.807) is 0 Å². The summed E-state index contributed by atoms with van der Waals surface area (Å²) in [6, 6.07) is 0. The van der Waals surface area contributed by atoms with E-state index in [2.05, 4.69) is 63.6 Å². The van der Waals surface area contributed by atoms with Crippen LogP contribution in [-0.2, 0) is 0 Å². The van der Waals surface area contributed by atoms with Crippen molar-refractivity contribution in [3.63, 3.8) is 0 Å². The Morgan fingerprint density at radius 3 is 1.38 bits per heavy atom. The molecule has 16 heavy (non-hydrogen) atoms. The standard InChI is InChI=1S/C12H28N2S2/c1-5-11(3,15)9-13-7-8-14-10-12(4,16)6-2/h13-16H,5-10H2,1-4H3. The van der Waals surface area contributed by atoms with Crippen molar-refractivity contribution in [2.24, 2.45) is 0 Å². The molecule has 2 unspecified atom stereocenters. The normalized spacial score (nSPS) is 19.1. The van der Waals surface area contributed by atoms with Crippen LogP contribution in [-0.4, -0.2) is 35.7 Å². The van der Waals surface area contributed by atoms with E-state index in [9.17, 15) is 0 Å². The van der Waals surface area contributed by atoms with Gasteiger partial charge in [-0.2, -0.15) is 25.3 Å². The molecule has 2 nitrogen and oxygen atoms in total. The van der Waals surface area contributed by atoms with Crippen LogP contribution in [0.15, 0.2) is 0 Å². The largest absolute Gasteiger partial charge is 0.314 e. The summed E-state index contributed by atoms with van der Waals surface area (Å²) >= 11 is 9.16. The highest BCUT2D eigenvalue weighted by Crippen LogP contribution is 2.16. The van der Waals surface area contributed by atoms with E-state index in [1.807, 2.05) is 0 Å². The molecule has 0 radical (unpaired) electrons. The van der Waals surface area contributed by atoms with Gasteiger partial charge < -0.3 is 10.6 Å². The van der Waals surface area contributed by atoms with E-state index in [0.29, 0.717) is 0 Å². The number of rotatable bonds is 9. The van der Waals surface area contributed by atoms with Crippen molar-refractivity contribution in [3.8, 4) is 0 Å². The second-order valence-electron chi connectivity index (χ2n) is 5.05. The summed E-state index contributed by atoms with van der Waals surface area (Å²) in [5, 5.41) is 6.83. The van der Waals surface area contributed by atoms with Crippen LogP contribution in [0.2, 0.25) is 0 Å². The van der Waals surface area contributed by atoms with Crippen LogP contribution in [0.5, 0.6) is 0 Å². The molecule has 0 saturated heterocycles. The Balaban J connectivity index is 3.42. The van der Waals surface area contributed by atoms with Crippen molar-refractivity contribution >= 4 is 25.3 Å². The molecule has 0 aromatic heterocycles. The third kappa shape index (κ3) is 8.74. The van der Waals surface area contributed by atoms with E-state index >= 15 is 0 Å². The van der Waals surface area contributed by atoms with E-state index < -0.39 is 0 Å². The second kappa shape index (κ2) is 7.85. The first-order valence-electron chi connectivity index (χ1n) is 6.19. The SMILES string of the molecule is CCC(C)(S)CNCCNCC(C)(S)CC. The van der Waals surface area contributed by atoms with Gasteiger partial charge in [0.25, 0.3) is 0 Å². The first-order valence-corrected chi connectivity index (χ1v) is 7.08. The summed E-state index contributed by atoms with van der Waals surface area (Å²) < 4.78 is 0.225. The van der Waals surface area contributed by atoms with Crippen LogP contribution < -0.4 is 10.6 Å². The Morgan fingerprint density at radius 2 is 1.12 bits per heavy atom. The van der Waals surface area contributed by atoms with E-state index in [1.165, 1.54) is 0 Å². The molecule has 4 heteroatoms. The van der Waals surface area contributed by atoms with Crippen LogP contribution in [0.1, 0.15) is 40.5 Å². The molecular formula is C12H28N2S2. The molecule has 0 spiro atoms. The summed E-state index contributed by atoms with van der Waals surface area (Å²) in [7, 11) is 0. The summed E-state index contributed by atoms with van der Waals surface area (Å²) in [4.78, 5) is 0. The Bertz CT molecular complexity index is 162. The molecule has 0 aliphatic heterocycles. The maximum Gasteiger partial charge on any atom is 0.0223 e. The molecule has 0 aliphatic carbocycles. The molecule has 0 aliphatic rings. The minimum atomic E-state index is 0.113. The molecule has 0 amide bonds. The van der Waals surface area contributed by atoms with Gasteiger partial charge in [0, 0.05) is 35.7 Å². The van der Waals surface area contributed by atoms with Gasteiger partial charge >= 0.3 is 0 Å². The molecule has 0 rings (SSSR count). The molecule has 2 atom stereocenters. The lowest BCUT2D eigenvalue weighted by atomic mass is 10.1. The topological polar surface area (TPSA) is 24.1 Å². The Kier molecular flexibility index (Phi) is 8.16. The highest BCUT2D eigenvalue weighted by Gasteiger charge is 2.16. The van der Waals surface area contributed by atoms with Crippen molar-refractivity contribution in [2.75, 3.05) is 26.2 Å². The summed E-state index contributed by atoms with van der Waals surface area (Å²) in [6.45, 7) is 12.6. The Hall–Kier alpha value is 0.620. The number of thiol groups is 2. The van der Waals surface area contributed by atoms with Crippen molar-refractivity contribution in [1.82, 2.24) is 10.6 Å². The Labute approximate surface area is 112 Å². The zero-order chi connectivity index (χ0) is 12.7. The van der Waals surface area contributed by atoms with Gasteiger partial charge in [-0.15, -0.1) is 0 Å². The second-order valence-corrected chi connectivity index (χ2v) is 7.21. The maximum absolute atomic E-state index is 4.58. The van der Waals surface area contributed by atoms with Crippen molar-refractivity contribution < 1.29 is 0 Å². The lowest BCUT2D eigenvalue weighted by Gasteiger charge is -2.23. The average molecular weight is 265 g/mol. The van der Waals surface area contributed by atoms with Gasteiger partial charge in [-0.25, -0.2) is 0 Å². The minimum absolute atomic E-state index is 0.113. The lowest BCUT2D eigenvalue weighted by Crippen LogP contribution is -2.39. The van der Waals surface area contributed by atoms with Crippen LogP contribution in [0.4, 0.5) is 0 Å². The molecule has 98 valence electrons. The van der Waals surface area contributed by atoms with Gasteiger partial charge in [0.2, 0.25) is 0 Å². The van der Waals surface area contributed by atoms with Gasteiger partial charge in [0.15, 0.2) is 0 Å². The number of nitrogens with one attached hydrogen (secondary N) is 2. The Morgan fingerprint density at radius 1 is 0.812 bits per heavy atom. The van der Waals surface area contributed by atoms with E-state index in [0.717, 1.165) is 39.0 Å². The predicted molar refractivity (Wildman–Crippen MR) is 81.1 cm³/mol. The zero-order valence-electron chi connectivity index (χ0n) is 11.1. The van der Waals surface area contributed by atoms with Gasteiger partial charge in [-0.1, -0.05) is 13.8 Å². The van der Waals surface area contributed by atoms with Crippen molar-refractivity contribution in [2.45, 2.75) is 50.0 Å². The lowest BCUT2D eigenvalue weighted by molar-refractivity contribution is 0.507. The first-order chi connectivity index (χ1) is 7.33.